The molecule has 5 nitrogen and oxygen atoms in total. The van der Waals surface area contributed by atoms with Crippen LogP contribution in [0.3, 0.4) is 0 Å². The van der Waals surface area contributed by atoms with Crippen molar-refractivity contribution in [2.75, 3.05) is 6.54 Å². The fraction of sp³-hybridized carbons (Fsp3) is 0.412. The van der Waals surface area contributed by atoms with E-state index in [1.165, 1.54) is 5.56 Å². The minimum atomic E-state index is -0.929. The molecule has 118 valence electrons. The standard InChI is InChI=1S/C17H22N2O3/c1-11-5-7-13(8-6-11)16-19-14(12(2)22-16)9-15(20)18-10-17(3,4)21/h5-8,21H,9-10H2,1-4H3,(H,18,20). The van der Waals surface area contributed by atoms with Crippen molar-refractivity contribution < 1.29 is 14.3 Å². The Morgan fingerprint density at radius 2 is 1.91 bits per heavy atom. The summed E-state index contributed by atoms with van der Waals surface area (Å²) in [6.07, 6.45) is 0.136. The quantitative estimate of drug-likeness (QED) is 0.889. The lowest BCUT2D eigenvalue weighted by Gasteiger charge is -2.17. The van der Waals surface area contributed by atoms with E-state index in [2.05, 4.69) is 10.3 Å². The third-order valence-electron chi connectivity index (χ3n) is 3.24. The Morgan fingerprint density at radius 1 is 1.27 bits per heavy atom. The number of amides is 1. The van der Waals surface area contributed by atoms with Crippen LogP contribution in [-0.2, 0) is 11.2 Å². The summed E-state index contributed by atoms with van der Waals surface area (Å²) >= 11 is 0. The van der Waals surface area contributed by atoms with Gasteiger partial charge in [-0.1, -0.05) is 17.7 Å². The highest BCUT2D eigenvalue weighted by atomic mass is 16.4. The van der Waals surface area contributed by atoms with Gasteiger partial charge in [-0.25, -0.2) is 4.98 Å². The van der Waals surface area contributed by atoms with E-state index in [-0.39, 0.29) is 18.9 Å². The van der Waals surface area contributed by atoms with Gasteiger partial charge in [0.2, 0.25) is 11.8 Å². The summed E-state index contributed by atoms with van der Waals surface area (Å²) < 4.78 is 5.65. The lowest BCUT2D eigenvalue weighted by molar-refractivity contribution is -0.121. The SMILES string of the molecule is Cc1ccc(-c2nc(CC(=O)NCC(C)(C)O)c(C)o2)cc1. The van der Waals surface area contributed by atoms with Gasteiger partial charge in [0, 0.05) is 12.1 Å². The first-order valence-electron chi connectivity index (χ1n) is 7.27. The number of nitrogens with zero attached hydrogens (tertiary/aromatic N) is 1. The van der Waals surface area contributed by atoms with E-state index in [0.29, 0.717) is 17.3 Å². The molecule has 0 fully saturated rings. The Hall–Kier alpha value is -2.14. The number of hydrogen-bond acceptors (Lipinski definition) is 4. The van der Waals surface area contributed by atoms with Crippen LogP contribution in [0.15, 0.2) is 28.7 Å². The van der Waals surface area contributed by atoms with Gasteiger partial charge in [0.25, 0.3) is 0 Å². The van der Waals surface area contributed by atoms with Gasteiger partial charge in [0.05, 0.1) is 17.7 Å². The molecule has 0 saturated heterocycles. The minimum absolute atomic E-state index is 0.136. The average Bonchev–Trinajstić information content (AvgIpc) is 2.78. The van der Waals surface area contributed by atoms with Crippen molar-refractivity contribution in [3.8, 4) is 11.5 Å². The van der Waals surface area contributed by atoms with Gasteiger partial charge in [-0.2, -0.15) is 0 Å². The molecular weight excluding hydrogens is 280 g/mol. The molecule has 1 heterocycles. The lowest BCUT2D eigenvalue weighted by atomic mass is 10.1. The Balaban J connectivity index is 2.07. The maximum atomic E-state index is 11.9. The molecule has 0 aliphatic carbocycles. The van der Waals surface area contributed by atoms with Crippen LogP contribution in [0.2, 0.25) is 0 Å². The second kappa shape index (κ2) is 6.32. The van der Waals surface area contributed by atoms with Crippen LogP contribution < -0.4 is 5.32 Å². The molecule has 0 saturated carbocycles. The molecule has 1 aromatic heterocycles. The van der Waals surface area contributed by atoms with Gasteiger partial charge in [0.1, 0.15) is 5.76 Å². The predicted octanol–water partition coefficient (Wildman–Crippen LogP) is 2.39. The third-order valence-corrected chi connectivity index (χ3v) is 3.24. The lowest BCUT2D eigenvalue weighted by Crippen LogP contribution is -2.38. The third kappa shape index (κ3) is 4.43. The van der Waals surface area contributed by atoms with E-state index in [4.69, 9.17) is 4.42 Å². The summed E-state index contributed by atoms with van der Waals surface area (Å²) in [4.78, 5) is 16.3. The summed E-state index contributed by atoms with van der Waals surface area (Å²) in [7, 11) is 0. The monoisotopic (exact) mass is 302 g/mol. The number of carbonyl (C=O) groups is 1. The molecule has 1 aromatic carbocycles. The van der Waals surface area contributed by atoms with Gasteiger partial charge in [-0.3, -0.25) is 4.79 Å². The fourth-order valence-electron chi connectivity index (χ4n) is 1.94. The van der Waals surface area contributed by atoms with Crippen molar-refractivity contribution in [3.05, 3.63) is 41.3 Å². The minimum Gasteiger partial charge on any atom is -0.441 e. The van der Waals surface area contributed by atoms with Gasteiger partial charge >= 0.3 is 0 Å². The Bertz CT molecular complexity index is 652. The summed E-state index contributed by atoms with van der Waals surface area (Å²) in [5, 5.41) is 12.3. The van der Waals surface area contributed by atoms with Crippen LogP contribution in [0.5, 0.6) is 0 Å². The number of aromatic nitrogens is 1. The first kappa shape index (κ1) is 16.2. The largest absolute Gasteiger partial charge is 0.441 e. The van der Waals surface area contributed by atoms with E-state index in [1.807, 2.05) is 31.2 Å². The van der Waals surface area contributed by atoms with Gasteiger partial charge in [0.15, 0.2) is 0 Å². The molecule has 0 spiro atoms. The topological polar surface area (TPSA) is 75.4 Å². The molecular formula is C17H22N2O3. The molecule has 0 aliphatic rings. The highest BCUT2D eigenvalue weighted by Crippen LogP contribution is 2.22. The molecule has 0 aliphatic heterocycles. The van der Waals surface area contributed by atoms with Gasteiger partial charge in [-0.15, -0.1) is 0 Å². The number of hydrogen-bond donors (Lipinski definition) is 2. The molecule has 0 unspecified atom stereocenters. The van der Waals surface area contributed by atoms with Crippen molar-refractivity contribution in [1.29, 1.82) is 0 Å². The average molecular weight is 302 g/mol. The first-order valence-corrected chi connectivity index (χ1v) is 7.27. The molecule has 0 atom stereocenters. The summed E-state index contributed by atoms with van der Waals surface area (Å²) in [5.41, 5.74) is 1.74. The second-order valence-electron chi connectivity index (χ2n) is 6.15. The summed E-state index contributed by atoms with van der Waals surface area (Å²) in [6.45, 7) is 7.30. The van der Waals surface area contributed by atoms with Gasteiger partial charge < -0.3 is 14.8 Å². The molecule has 1 amide bonds. The molecule has 2 rings (SSSR count). The van der Waals surface area contributed by atoms with Crippen LogP contribution in [0.4, 0.5) is 0 Å². The van der Waals surface area contributed by atoms with Crippen molar-refractivity contribution in [3.63, 3.8) is 0 Å². The van der Waals surface area contributed by atoms with Crippen LogP contribution in [-0.4, -0.2) is 28.1 Å². The van der Waals surface area contributed by atoms with E-state index >= 15 is 0 Å². The number of benzene rings is 1. The number of carbonyl (C=O) groups excluding carboxylic acids is 1. The maximum absolute atomic E-state index is 11.9. The number of rotatable bonds is 5. The van der Waals surface area contributed by atoms with Crippen molar-refractivity contribution in [2.24, 2.45) is 0 Å². The zero-order valence-electron chi connectivity index (χ0n) is 13.4. The Morgan fingerprint density at radius 3 is 2.50 bits per heavy atom. The van der Waals surface area contributed by atoms with Crippen molar-refractivity contribution in [2.45, 2.75) is 39.7 Å². The zero-order chi connectivity index (χ0) is 16.3. The highest BCUT2D eigenvalue weighted by Gasteiger charge is 2.17. The van der Waals surface area contributed by atoms with E-state index in [9.17, 15) is 9.90 Å². The van der Waals surface area contributed by atoms with Crippen LogP contribution in [0.25, 0.3) is 11.5 Å². The molecule has 2 aromatic rings. The number of aryl methyl sites for hydroxylation is 2. The number of nitrogens with one attached hydrogen (secondary N) is 1. The zero-order valence-corrected chi connectivity index (χ0v) is 13.4. The molecule has 22 heavy (non-hydrogen) atoms. The fourth-order valence-corrected chi connectivity index (χ4v) is 1.94. The van der Waals surface area contributed by atoms with E-state index < -0.39 is 5.60 Å². The van der Waals surface area contributed by atoms with E-state index in [0.717, 1.165) is 5.56 Å². The van der Waals surface area contributed by atoms with Gasteiger partial charge in [-0.05, 0) is 39.8 Å². The van der Waals surface area contributed by atoms with E-state index in [1.54, 1.807) is 20.8 Å². The van der Waals surface area contributed by atoms with Crippen LogP contribution in [0, 0.1) is 13.8 Å². The number of aliphatic hydroxyl groups is 1. The van der Waals surface area contributed by atoms with Crippen LogP contribution >= 0.6 is 0 Å². The number of oxazole rings is 1. The normalized spacial score (nSPS) is 11.5. The van der Waals surface area contributed by atoms with Crippen LogP contribution in [0.1, 0.15) is 30.9 Å². The highest BCUT2D eigenvalue weighted by molar-refractivity contribution is 5.78. The van der Waals surface area contributed by atoms with Crippen molar-refractivity contribution >= 4 is 5.91 Å². The maximum Gasteiger partial charge on any atom is 0.226 e. The summed E-state index contributed by atoms with van der Waals surface area (Å²) in [5.74, 6) is 0.964. The molecule has 5 heteroatoms. The summed E-state index contributed by atoms with van der Waals surface area (Å²) in [6, 6.07) is 7.87. The molecule has 2 N–H and O–H groups in total. The molecule has 0 bridgehead atoms. The Kier molecular flexibility index (Phi) is 4.66. The Labute approximate surface area is 130 Å². The first-order chi connectivity index (χ1) is 10.2. The second-order valence-corrected chi connectivity index (χ2v) is 6.15. The smallest absolute Gasteiger partial charge is 0.226 e. The predicted molar refractivity (Wildman–Crippen MR) is 84.4 cm³/mol. The molecule has 0 radical (unpaired) electrons. The van der Waals surface area contributed by atoms with Crippen molar-refractivity contribution in [1.82, 2.24) is 10.3 Å².